The average molecular weight is 214 g/mol. The molecule has 1 aliphatic carbocycles. The van der Waals surface area contributed by atoms with Crippen LogP contribution in [0.15, 0.2) is 4.99 Å². The molecule has 14 heavy (non-hydrogen) atoms. The zero-order valence-electron chi connectivity index (χ0n) is 8.71. The van der Waals surface area contributed by atoms with Gasteiger partial charge >= 0.3 is 0 Å². The summed E-state index contributed by atoms with van der Waals surface area (Å²) >= 11 is 1.83. The Labute approximate surface area is 89.7 Å². The molecule has 3 nitrogen and oxygen atoms in total. The lowest BCUT2D eigenvalue weighted by Crippen LogP contribution is -2.49. The van der Waals surface area contributed by atoms with Gasteiger partial charge in [-0.05, 0) is 25.7 Å². The van der Waals surface area contributed by atoms with Crippen molar-refractivity contribution >= 4 is 16.9 Å². The molecule has 1 saturated carbocycles. The van der Waals surface area contributed by atoms with Crippen molar-refractivity contribution in [1.82, 2.24) is 5.32 Å². The molecule has 0 unspecified atom stereocenters. The number of nitrogens with one attached hydrogen (secondary N) is 1. The number of hydrogen-bond donors (Lipinski definition) is 1. The van der Waals surface area contributed by atoms with Gasteiger partial charge in [0.25, 0.3) is 0 Å². The Bertz CT molecular complexity index is 221. The zero-order chi connectivity index (χ0) is 9.86. The Morgan fingerprint density at radius 3 is 2.86 bits per heavy atom. The minimum Gasteiger partial charge on any atom is -0.376 e. The molecule has 1 fully saturated rings. The van der Waals surface area contributed by atoms with E-state index < -0.39 is 0 Å². The largest absolute Gasteiger partial charge is 0.376 e. The van der Waals surface area contributed by atoms with Gasteiger partial charge in [0.15, 0.2) is 5.17 Å². The van der Waals surface area contributed by atoms with Crippen LogP contribution in [-0.4, -0.2) is 36.7 Å². The van der Waals surface area contributed by atoms with E-state index in [4.69, 9.17) is 4.74 Å². The van der Waals surface area contributed by atoms with Gasteiger partial charge in [-0.1, -0.05) is 11.8 Å². The molecule has 1 aliphatic heterocycles. The standard InChI is InChI=1S/C10H18N2OS/c1-13-10(4-2-5-10)8-12-9-11-6-3-7-14-9/h2-8H2,1H3,(H,11,12). The van der Waals surface area contributed by atoms with E-state index >= 15 is 0 Å². The van der Waals surface area contributed by atoms with Crippen molar-refractivity contribution in [3.05, 3.63) is 0 Å². The molecule has 0 atom stereocenters. The Kier molecular flexibility index (Phi) is 3.34. The molecule has 80 valence electrons. The second-order valence-electron chi connectivity index (χ2n) is 3.98. The van der Waals surface area contributed by atoms with E-state index in [1.165, 1.54) is 31.4 Å². The highest BCUT2D eigenvalue weighted by Gasteiger charge is 2.36. The zero-order valence-corrected chi connectivity index (χ0v) is 9.53. The van der Waals surface area contributed by atoms with Gasteiger partial charge in [0.2, 0.25) is 0 Å². The first kappa shape index (κ1) is 10.3. The Morgan fingerprint density at radius 1 is 1.50 bits per heavy atom. The van der Waals surface area contributed by atoms with Crippen LogP contribution in [0.3, 0.4) is 0 Å². The first-order valence-corrected chi connectivity index (χ1v) is 6.29. The smallest absolute Gasteiger partial charge is 0.156 e. The predicted octanol–water partition coefficient (Wildman–Crippen LogP) is 1.64. The van der Waals surface area contributed by atoms with Gasteiger partial charge in [-0.3, -0.25) is 4.99 Å². The minimum atomic E-state index is 0.112. The topological polar surface area (TPSA) is 33.6 Å². The molecule has 0 radical (unpaired) electrons. The Morgan fingerprint density at radius 2 is 2.36 bits per heavy atom. The van der Waals surface area contributed by atoms with Crippen LogP contribution >= 0.6 is 11.8 Å². The summed E-state index contributed by atoms with van der Waals surface area (Å²) < 4.78 is 5.54. The van der Waals surface area contributed by atoms with Gasteiger partial charge < -0.3 is 10.1 Å². The average Bonchev–Trinajstić information content (AvgIpc) is 2.19. The van der Waals surface area contributed by atoms with Crippen LogP contribution in [0.4, 0.5) is 0 Å². The number of aliphatic imine (C=N–C) groups is 1. The third kappa shape index (κ3) is 2.23. The normalized spacial score (nSPS) is 25.1. The van der Waals surface area contributed by atoms with Crippen molar-refractivity contribution < 1.29 is 4.74 Å². The SMILES string of the molecule is COC1(CNC2=NCCCS2)CCC1. The molecule has 1 heterocycles. The summed E-state index contributed by atoms with van der Waals surface area (Å²) in [7, 11) is 1.82. The van der Waals surface area contributed by atoms with Gasteiger partial charge in [-0.25, -0.2) is 0 Å². The molecule has 4 heteroatoms. The molecular weight excluding hydrogens is 196 g/mol. The molecule has 0 aromatic carbocycles. The van der Waals surface area contributed by atoms with Crippen molar-refractivity contribution in [3.8, 4) is 0 Å². The highest BCUT2D eigenvalue weighted by Crippen LogP contribution is 2.34. The van der Waals surface area contributed by atoms with Crippen LogP contribution in [0.2, 0.25) is 0 Å². The van der Waals surface area contributed by atoms with E-state index in [0.29, 0.717) is 0 Å². The summed E-state index contributed by atoms with van der Waals surface area (Å²) in [5.41, 5.74) is 0.112. The fourth-order valence-corrected chi connectivity index (χ4v) is 2.65. The van der Waals surface area contributed by atoms with Crippen molar-refractivity contribution in [2.45, 2.75) is 31.3 Å². The van der Waals surface area contributed by atoms with Crippen LogP contribution in [0.25, 0.3) is 0 Å². The van der Waals surface area contributed by atoms with Gasteiger partial charge in [0, 0.05) is 26.0 Å². The molecule has 0 saturated heterocycles. The quantitative estimate of drug-likeness (QED) is 0.775. The highest BCUT2D eigenvalue weighted by atomic mass is 32.2. The van der Waals surface area contributed by atoms with E-state index in [9.17, 15) is 0 Å². The second-order valence-corrected chi connectivity index (χ2v) is 5.07. The van der Waals surface area contributed by atoms with Crippen molar-refractivity contribution in [2.24, 2.45) is 4.99 Å². The van der Waals surface area contributed by atoms with E-state index in [0.717, 1.165) is 18.3 Å². The number of rotatable bonds is 3. The van der Waals surface area contributed by atoms with E-state index in [1.54, 1.807) is 0 Å². The highest BCUT2D eigenvalue weighted by molar-refractivity contribution is 8.13. The minimum absolute atomic E-state index is 0.112. The van der Waals surface area contributed by atoms with Gasteiger partial charge in [-0.15, -0.1) is 0 Å². The molecular formula is C10H18N2OS. The molecule has 2 rings (SSSR count). The molecule has 1 N–H and O–H groups in total. The van der Waals surface area contributed by atoms with Crippen molar-refractivity contribution in [1.29, 1.82) is 0 Å². The summed E-state index contributed by atoms with van der Waals surface area (Å²) in [6.45, 7) is 1.91. The number of ether oxygens (including phenoxy) is 1. The number of methoxy groups -OCH3 is 1. The van der Waals surface area contributed by atoms with Crippen LogP contribution < -0.4 is 5.32 Å². The predicted molar refractivity (Wildman–Crippen MR) is 61.0 cm³/mol. The first-order valence-electron chi connectivity index (χ1n) is 5.31. The lowest BCUT2D eigenvalue weighted by atomic mass is 9.80. The molecule has 0 bridgehead atoms. The molecule has 2 aliphatic rings. The fraction of sp³-hybridized carbons (Fsp3) is 0.900. The van der Waals surface area contributed by atoms with Gasteiger partial charge in [0.05, 0.1) is 5.60 Å². The van der Waals surface area contributed by atoms with E-state index in [1.807, 2.05) is 18.9 Å². The maximum absolute atomic E-state index is 5.54. The maximum atomic E-state index is 5.54. The number of amidine groups is 1. The van der Waals surface area contributed by atoms with Crippen LogP contribution in [0, 0.1) is 0 Å². The Balaban J connectivity index is 1.78. The molecule has 0 amide bonds. The Hall–Kier alpha value is -0.220. The number of thioether (sulfide) groups is 1. The molecule has 0 aromatic heterocycles. The summed E-state index contributed by atoms with van der Waals surface area (Å²) in [5, 5.41) is 4.51. The van der Waals surface area contributed by atoms with Gasteiger partial charge in [-0.2, -0.15) is 0 Å². The van der Waals surface area contributed by atoms with Crippen LogP contribution in [0.1, 0.15) is 25.7 Å². The third-order valence-corrected chi connectivity index (χ3v) is 4.10. The lowest BCUT2D eigenvalue weighted by Gasteiger charge is -2.40. The van der Waals surface area contributed by atoms with Crippen LogP contribution in [-0.2, 0) is 4.74 Å². The number of nitrogens with zero attached hydrogens (tertiary/aromatic N) is 1. The molecule has 0 spiro atoms. The summed E-state index contributed by atoms with van der Waals surface area (Å²) in [4.78, 5) is 4.44. The number of hydrogen-bond acceptors (Lipinski definition) is 4. The second kappa shape index (κ2) is 4.53. The summed E-state index contributed by atoms with van der Waals surface area (Å²) in [5.74, 6) is 1.20. The van der Waals surface area contributed by atoms with Gasteiger partial charge in [0.1, 0.15) is 0 Å². The summed E-state index contributed by atoms with van der Waals surface area (Å²) in [6.07, 6.45) is 4.89. The monoisotopic (exact) mass is 214 g/mol. The van der Waals surface area contributed by atoms with Crippen LogP contribution in [0.5, 0.6) is 0 Å². The fourth-order valence-electron chi connectivity index (χ4n) is 1.83. The van der Waals surface area contributed by atoms with Crippen molar-refractivity contribution in [3.63, 3.8) is 0 Å². The van der Waals surface area contributed by atoms with E-state index in [2.05, 4.69) is 10.3 Å². The van der Waals surface area contributed by atoms with E-state index in [-0.39, 0.29) is 5.60 Å². The summed E-state index contributed by atoms with van der Waals surface area (Å²) in [6, 6.07) is 0. The first-order chi connectivity index (χ1) is 6.85. The lowest BCUT2D eigenvalue weighted by molar-refractivity contribution is -0.0663. The van der Waals surface area contributed by atoms with Crippen molar-refractivity contribution in [2.75, 3.05) is 26.0 Å². The third-order valence-electron chi connectivity index (χ3n) is 3.06. The molecule has 0 aromatic rings. The maximum Gasteiger partial charge on any atom is 0.156 e.